The third kappa shape index (κ3) is 3.36. The number of H-pyrrole nitrogens is 1. The molecule has 1 aromatic heterocycles. The first-order valence-electron chi connectivity index (χ1n) is 7.59. The number of piperidine rings is 1. The standard InChI is InChI=1S/C16H15ClF3N3O2/c17-11-4-1-3-10(7-11)13-12(8-21-22-13)14(24)23-6-2-5-15(25,9-23)16(18,19)20/h1,3-4,7-8,25H,2,5-6,9H2,(H,21,22). The van der Waals surface area contributed by atoms with Gasteiger partial charge >= 0.3 is 6.18 Å². The van der Waals surface area contributed by atoms with Gasteiger partial charge in [-0.3, -0.25) is 9.89 Å². The lowest BCUT2D eigenvalue weighted by Gasteiger charge is -2.40. The normalized spacial score (nSPS) is 21.4. The fraction of sp³-hybridized carbons (Fsp3) is 0.375. The third-order valence-electron chi connectivity index (χ3n) is 4.27. The fourth-order valence-corrected chi connectivity index (χ4v) is 3.11. The van der Waals surface area contributed by atoms with Crippen molar-refractivity contribution in [1.82, 2.24) is 15.1 Å². The summed E-state index contributed by atoms with van der Waals surface area (Å²) >= 11 is 5.94. The number of aliphatic hydroxyl groups is 1. The van der Waals surface area contributed by atoms with Crippen LogP contribution < -0.4 is 0 Å². The maximum Gasteiger partial charge on any atom is 0.418 e. The summed E-state index contributed by atoms with van der Waals surface area (Å²) in [5.41, 5.74) is -1.79. The number of alkyl halides is 3. The minimum atomic E-state index is -4.79. The summed E-state index contributed by atoms with van der Waals surface area (Å²) in [6, 6.07) is 6.68. The highest BCUT2D eigenvalue weighted by Crippen LogP contribution is 2.38. The minimum Gasteiger partial charge on any atom is -0.379 e. The van der Waals surface area contributed by atoms with E-state index in [2.05, 4.69) is 10.2 Å². The van der Waals surface area contributed by atoms with Crippen molar-refractivity contribution in [2.45, 2.75) is 24.6 Å². The van der Waals surface area contributed by atoms with Gasteiger partial charge in [0.2, 0.25) is 0 Å². The quantitative estimate of drug-likeness (QED) is 0.849. The van der Waals surface area contributed by atoms with Gasteiger partial charge in [0.1, 0.15) is 0 Å². The molecule has 1 amide bonds. The van der Waals surface area contributed by atoms with Crippen molar-refractivity contribution in [2.75, 3.05) is 13.1 Å². The summed E-state index contributed by atoms with van der Waals surface area (Å²) < 4.78 is 39.2. The molecule has 2 aromatic rings. The van der Waals surface area contributed by atoms with E-state index in [9.17, 15) is 23.1 Å². The molecule has 25 heavy (non-hydrogen) atoms. The molecule has 1 atom stereocenters. The van der Waals surface area contributed by atoms with E-state index in [-0.39, 0.29) is 18.5 Å². The highest BCUT2D eigenvalue weighted by atomic mass is 35.5. The second-order valence-corrected chi connectivity index (χ2v) is 6.47. The Kier molecular flexibility index (Phi) is 4.51. The molecule has 2 N–H and O–H groups in total. The predicted molar refractivity (Wildman–Crippen MR) is 85.2 cm³/mol. The molecular weight excluding hydrogens is 359 g/mol. The van der Waals surface area contributed by atoms with E-state index >= 15 is 0 Å². The molecule has 5 nitrogen and oxygen atoms in total. The van der Waals surface area contributed by atoms with E-state index in [1.54, 1.807) is 24.3 Å². The molecule has 0 aliphatic carbocycles. The van der Waals surface area contributed by atoms with Crippen LogP contribution >= 0.6 is 11.6 Å². The van der Waals surface area contributed by atoms with Crippen LogP contribution in [0.2, 0.25) is 5.02 Å². The molecular formula is C16H15ClF3N3O2. The van der Waals surface area contributed by atoms with Crippen molar-refractivity contribution in [1.29, 1.82) is 0 Å². The van der Waals surface area contributed by atoms with Gasteiger partial charge < -0.3 is 10.0 Å². The van der Waals surface area contributed by atoms with Gasteiger partial charge in [-0.15, -0.1) is 0 Å². The van der Waals surface area contributed by atoms with Crippen LogP contribution in [-0.4, -0.2) is 51.0 Å². The Morgan fingerprint density at radius 1 is 1.40 bits per heavy atom. The number of nitrogens with one attached hydrogen (secondary N) is 1. The molecule has 1 aromatic carbocycles. The second kappa shape index (κ2) is 6.34. The number of β-amino-alcohol motifs (C(OH)–C–C–N with tert-alkyl or cyclic N) is 1. The Labute approximate surface area is 146 Å². The third-order valence-corrected chi connectivity index (χ3v) is 4.50. The van der Waals surface area contributed by atoms with Gasteiger partial charge in [0, 0.05) is 17.1 Å². The van der Waals surface area contributed by atoms with Crippen molar-refractivity contribution in [2.24, 2.45) is 0 Å². The summed E-state index contributed by atoms with van der Waals surface area (Å²) in [6.45, 7) is -0.660. The number of hydrogen-bond acceptors (Lipinski definition) is 3. The molecule has 1 saturated heterocycles. The van der Waals surface area contributed by atoms with E-state index in [1.807, 2.05) is 0 Å². The van der Waals surface area contributed by atoms with Crippen molar-refractivity contribution in [3.63, 3.8) is 0 Å². The Morgan fingerprint density at radius 3 is 2.84 bits per heavy atom. The molecule has 9 heteroatoms. The van der Waals surface area contributed by atoms with Crippen molar-refractivity contribution < 1.29 is 23.1 Å². The number of benzene rings is 1. The maximum atomic E-state index is 13.1. The van der Waals surface area contributed by atoms with Crippen LogP contribution in [-0.2, 0) is 0 Å². The summed E-state index contributed by atoms with van der Waals surface area (Å²) in [5, 5.41) is 16.8. The van der Waals surface area contributed by atoms with Crippen LogP contribution in [0.1, 0.15) is 23.2 Å². The number of aromatic nitrogens is 2. The van der Waals surface area contributed by atoms with Gasteiger partial charge in [-0.25, -0.2) is 0 Å². The maximum absolute atomic E-state index is 13.1. The molecule has 0 saturated carbocycles. The number of nitrogens with zero attached hydrogens (tertiary/aromatic N) is 2. The smallest absolute Gasteiger partial charge is 0.379 e. The highest BCUT2D eigenvalue weighted by molar-refractivity contribution is 6.30. The van der Waals surface area contributed by atoms with E-state index < -0.39 is 30.7 Å². The first kappa shape index (κ1) is 17.8. The average Bonchev–Trinajstić information content (AvgIpc) is 3.03. The van der Waals surface area contributed by atoms with E-state index in [4.69, 9.17) is 11.6 Å². The molecule has 1 aliphatic rings. The molecule has 0 radical (unpaired) electrons. The summed E-state index contributed by atoms with van der Waals surface area (Å²) in [4.78, 5) is 13.7. The molecule has 1 aliphatic heterocycles. The topological polar surface area (TPSA) is 69.2 Å². The summed E-state index contributed by atoms with van der Waals surface area (Å²) in [5.74, 6) is -0.619. The summed E-state index contributed by atoms with van der Waals surface area (Å²) in [6.07, 6.45) is -3.89. The number of rotatable bonds is 2. The first-order valence-corrected chi connectivity index (χ1v) is 7.97. The zero-order valence-electron chi connectivity index (χ0n) is 13.0. The van der Waals surface area contributed by atoms with Crippen molar-refractivity contribution >= 4 is 17.5 Å². The average molecular weight is 374 g/mol. The fourth-order valence-electron chi connectivity index (χ4n) is 2.92. The molecule has 0 bridgehead atoms. The lowest BCUT2D eigenvalue weighted by atomic mass is 9.91. The van der Waals surface area contributed by atoms with Crippen LogP contribution in [0, 0.1) is 0 Å². The Morgan fingerprint density at radius 2 is 2.16 bits per heavy atom. The molecule has 0 spiro atoms. The van der Waals surface area contributed by atoms with Gasteiger partial charge in [0.25, 0.3) is 5.91 Å². The lowest BCUT2D eigenvalue weighted by molar-refractivity contribution is -0.271. The zero-order valence-corrected chi connectivity index (χ0v) is 13.7. The Hall–Kier alpha value is -2.06. The first-order chi connectivity index (χ1) is 11.7. The van der Waals surface area contributed by atoms with Crippen molar-refractivity contribution in [3.05, 3.63) is 41.0 Å². The van der Waals surface area contributed by atoms with Crippen LogP contribution in [0.4, 0.5) is 13.2 Å². The van der Waals surface area contributed by atoms with E-state index in [0.717, 1.165) is 4.90 Å². The Balaban J connectivity index is 1.89. The molecule has 2 heterocycles. The highest BCUT2D eigenvalue weighted by Gasteiger charge is 2.56. The van der Waals surface area contributed by atoms with Gasteiger partial charge in [0.15, 0.2) is 5.60 Å². The molecule has 3 rings (SSSR count). The van der Waals surface area contributed by atoms with Gasteiger partial charge in [-0.2, -0.15) is 18.3 Å². The lowest BCUT2D eigenvalue weighted by Crippen LogP contribution is -2.58. The van der Waals surface area contributed by atoms with Crippen LogP contribution in [0.15, 0.2) is 30.5 Å². The van der Waals surface area contributed by atoms with Gasteiger partial charge in [0.05, 0.1) is 24.0 Å². The number of amides is 1. The molecule has 1 fully saturated rings. The van der Waals surface area contributed by atoms with Crippen LogP contribution in [0.3, 0.4) is 0 Å². The van der Waals surface area contributed by atoms with Crippen LogP contribution in [0.5, 0.6) is 0 Å². The second-order valence-electron chi connectivity index (χ2n) is 6.03. The number of aromatic amines is 1. The van der Waals surface area contributed by atoms with Crippen molar-refractivity contribution in [3.8, 4) is 11.3 Å². The largest absolute Gasteiger partial charge is 0.418 e. The van der Waals surface area contributed by atoms with Gasteiger partial charge in [-0.05, 0) is 25.0 Å². The SMILES string of the molecule is O=C(c1cn[nH]c1-c1cccc(Cl)c1)N1CCCC(O)(C(F)(F)F)C1. The number of likely N-dealkylation sites (tertiary alicyclic amines) is 1. The number of carbonyl (C=O) groups is 1. The van der Waals surface area contributed by atoms with Gasteiger partial charge in [-0.1, -0.05) is 23.7 Å². The predicted octanol–water partition coefficient (Wildman–Crippen LogP) is 3.26. The number of carbonyl (C=O) groups excluding carboxylic acids is 1. The molecule has 1 unspecified atom stereocenters. The van der Waals surface area contributed by atoms with E-state index in [0.29, 0.717) is 16.3 Å². The zero-order chi connectivity index (χ0) is 18.2. The van der Waals surface area contributed by atoms with Crippen LogP contribution in [0.25, 0.3) is 11.3 Å². The van der Waals surface area contributed by atoms with E-state index in [1.165, 1.54) is 6.20 Å². The molecule has 134 valence electrons. The Bertz CT molecular complexity index is 793. The monoisotopic (exact) mass is 373 g/mol. The number of halogens is 4. The minimum absolute atomic E-state index is 0.0616. The summed E-state index contributed by atoms with van der Waals surface area (Å²) in [7, 11) is 0. The number of hydrogen-bond donors (Lipinski definition) is 2.